The molecular formula is C17H26N2O3S. The maximum atomic E-state index is 11.8. The SMILES string of the molecule is C[C@H]1COc2ccccc2CN1C[C@H]1CCCN(S(C)(=O)=O)C1. The minimum absolute atomic E-state index is 0.330. The zero-order valence-electron chi connectivity index (χ0n) is 13.9. The third-order valence-corrected chi connectivity index (χ3v) is 6.16. The van der Waals surface area contributed by atoms with E-state index >= 15 is 0 Å². The number of hydrogen-bond acceptors (Lipinski definition) is 4. The fraction of sp³-hybridized carbons (Fsp3) is 0.647. The summed E-state index contributed by atoms with van der Waals surface area (Å²) in [6.45, 7) is 5.96. The molecule has 2 atom stereocenters. The van der Waals surface area contributed by atoms with Crippen molar-refractivity contribution in [3.05, 3.63) is 29.8 Å². The molecule has 0 spiro atoms. The second-order valence-corrected chi connectivity index (χ2v) is 8.81. The van der Waals surface area contributed by atoms with Gasteiger partial charge in [0.25, 0.3) is 0 Å². The number of rotatable bonds is 3. The second kappa shape index (κ2) is 6.79. The predicted octanol–water partition coefficient (Wildman–Crippen LogP) is 1.94. The van der Waals surface area contributed by atoms with Crippen LogP contribution >= 0.6 is 0 Å². The van der Waals surface area contributed by atoms with Crippen molar-refractivity contribution in [3.63, 3.8) is 0 Å². The smallest absolute Gasteiger partial charge is 0.211 e. The Balaban J connectivity index is 1.69. The van der Waals surface area contributed by atoms with Crippen LogP contribution in [0.5, 0.6) is 5.75 Å². The minimum Gasteiger partial charge on any atom is -0.492 e. The van der Waals surface area contributed by atoms with Crippen molar-refractivity contribution < 1.29 is 13.2 Å². The Labute approximate surface area is 139 Å². The molecule has 0 aromatic heterocycles. The van der Waals surface area contributed by atoms with Gasteiger partial charge in [-0.1, -0.05) is 18.2 Å². The van der Waals surface area contributed by atoms with Gasteiger partial charge < -0.3 is 4.74 Å². The first-order valence-corrected chi connectivity index (χ1v) is 10.2. The van der Waals surface area contributed by atoms with E-state index in [4.69, 9.17) is 4.74 Å². The van der Waals surface area contributed by atoms with E-state index in [-0.39, 0.29) is 0 Å². The van der Waals surface area contributed by atoms with Gasteiger partial charge in [-0.25, -0.2) is 12.7 Å². The number of sulfonamides is 1. The van der Waals surface area contributed by atoms with E-state index in [1.807, 2.05) is 18.2 Å². The third-order valence-electron chi connectivity index (χ3n) is 4.89. The highest BCUT2D eigenvalue weighted by molar-refractivity contribution is 7.88. The highest BCUT2D eigenvalue weighted by Crippen LogP contribution is 2.27. The van der Waals surface area contributed by atoms with Gasteiger partial charge in [0.1, 0.15) is 12.4 Å². The summed E-state index contributed by atoms with van der Waals surface area (Å²) >= 11 is 0. The lowest BCUT2D eigenvalue weighted by molar-refractivity contribution is 0.117. The Kier molecular flexibility index (Phi) is 4.94. The van der Waals surface area contributed by atoms with Gasteiger partial charge in [0.15, 0.2) is 0 Å². The van der Waals surface area contributed by atoms with Crippen LogP contribution in [0.1, 0.15) is 25.3 Å². The van der Waals surface area contributed by atoms with Crippen molar-refractivity contribution in [1.82, 2.24) is 9.21 Å². The topological polar surface area (TPSA) is 49.9 Å². The number of fused-ring (bicyclic) bond motifs is 1. The van der Waals surface area contributed by atoms with Crippen molar-refractivity contribution in [2.45, 2.75) is 32.4 Å². The van der Waals surface area contributed by atoms with Gasteiger partial charge in [-0.15, -0.1) is 0 Å². The summed E-state index contributed by atoms with van der Waals surface area (Å²) in [4.78, 5) is 2.43. The van der Waals surface area contributed by atoms with Crippen LogP contribution in [0.4, 0.5) is 0 Å². The average molecular weight is 338 g/mol. The number of benzene rings is 1. The Bertz CT molecular complexity index is 647. The average Bonchev–Trinajstić information content (AvgIpc) is 2.67. The second-order valence-electron chi connectivity index (χ2n) is 6.83. The van der Waals surface area contributed by atoms with Gasteiger partial charge in [0.2, 0.25) is 10.0 Å². The molecule has 6 heteroatoms. The Hall–Kier alpha value is -1.11. The Morgan fingerprint density at radius 3 is 2.87 bits per heavy atom. The van der Waals surface area contributed by atoms with Gasteiger partial charge in [0.05, 0.1) is 6.26 Å². The summed E-state index contributed by atoms with van der Waals surface area (Å²) in [6.07, 6.45) is 3.36. The monoisotopic (exact) mass is 338 g/mol. The fourth-order valence-corrected chi connectivity index (χ4v) is 4.46. The molecule has 0 N–H and O–H groups in total. The van der Waals surface area contributed by atoms with E-state index in [1.54, 1.807) is 4.31 Å². The molecule has 128 valence electrons. The van der Waals surface area contributed by atoms with Gasteiger partial charge >= 0.3 is 0 Å². The van der Waals surface area contributed by atoms with Crippen LogP contribution < -0.4 is 4.74 Å². The summed E-state index contributed by atoms with van der Waals surface area (Å²) in [7, 11) is -3.08. The fourth-order valence-electron chi connectivity index (χ4n) is 3.52. The van der Waals surface area contributed by atoms with E-state index in [1.165, 1.54) is 11.8 Å². The molecular weight excluding hydrogens is 312 g/mol. The van der Waals surface area contributed by atoms with E-state index in [0.717, 1.165) is 31.7 Å². The van der Waals surface area contributed by atoms with E-state index < -0.39 is 10.0 Å². The maximum absolute atomic E-state index is 11.8. The molecule has 2 aliphatic rings. The van der Waals surface area contributed by atoms with Gasteiger partial charge in [-0.2, -0.15) is 0 Å². The lowest BCUT2D eigenvalue weighted by Gasteiger charge is -2.35. The van der Waals surface area contributed by atoms with Crippen molar-refractivity contribution in [1.29, 1.82) is 0 Å². The van der Waals surface area contributed by atoms with E-state index in [0.29, 0.717) is 31.7 Å². The molecule has 5 nitrogen and oxygen atoms in total. The number of piperidine rings is 1. The molecule has 0 saturated carbocycles. The highest BCUT2D eigenvalue weighted by atomic mass is 32.2. The van der Waals surface area contributed by atoms with Crippen LogP contribution in [-0.2, 0) is 16.6 Å². The zero-order valence-corrected chi connectivity index (χ0v) is 14.8. The van der Waals surface area contributed by atoms with E-state index in [9.17, 15) is 8.42 Å². The molecule has 0 radical (unpaired) electrons. The zero-order chi connectivity index (χ0) is 16.4. The molecule has 1 aromatic carbocycles. The molecule has 0 amide bonds. The molecule has 3 rings (SSSR count). The normalized spacial score (nSPS) is 27.0. The summed E-state index contributed by atoms with van der Waals surface area (Å²) in [5.74, 6) is 1.37. The summed E-state index contributed by atoms with van der Waals surface area (Å²) in [5, 5.41) is 0. The van der Waals surface area contributed by atoms with Crippen LogP contribution in [0.15, 0.2) is 24.3 Å². The van der Waals surface area contributed by atoms with Crippen LogP contribution in [-0.4, -0.2) is 56.2 Å². The Morgan fingerprint density at radius 1 is 1.30 bits per heavy atom. The third kappa shape index (κ3) is 4.05. The molecule has 2 heterocycles. The molecule has 2 aliphatic heterocycles. The molecule has 0 unspecified atom stereocenters. The summed E-state index contributed by atoms with van der Waals surface area (Å²) in [5.41, 5.74) is 1.22. The molecule has 1 fully saturated rings. The van der Waals surface area contributed by atoms with Crippen LogP contribution in [0.25, 0.3) is 0 Å². The number of para-hydroxylation sites is 1. The first-order chi connectivity index (χ1) is 10.9. The highest BCUT2D eigenvalue weighted by Gasteiger charge is 2.29. The standard InChI is InChI=1S/C17H26N2O3S/c1-14-13-22-17-8-4-3-7-16(17)12-18(14)10-15-6-5-9-19(11-15)23(2,20)21/h3-4,7-8,14-15H,5-6,9-13H2,1-2H3/t14-,15+/m0/s1. The predicted molar refractivity (Wildman–Crippen MR) is 90.9 cm³/mol. The first-order valence-electron chi connectivity index (χ1n) is 8.33. The molecule has 1 aromatic rings. The van der Waals surface area contributed by atoms with Crippen molar-refractivity contribution in [3.8, 4) is 5.75 Å². The minimum atomic E-state index is -3.08. The Morgan fingerprint density at radius 2 is 2.09 bits per heavy atom. The number of ether oxygens (including phenoxy) is 1. The van der Waals surface area contributed by atoms with Gasteiger partial charge in [-0.3, -0.25) is 4.90 Å². The van der Waals surface area contributed by atoms with Crippen LogP contribution in [0.2, 0.25) is 0 Å². The number of nitrogens with zero attached hydrogens (tertiary/aromatic N) is 2. The maximum Gasteiger partial charge on any atom is 0.211 e. The first kappa shape index (κ1) is 16.7. The van der Waals surface area contributed by atoms with Crippen molar-refractivity contribution >= 4 is 10.0 Å². The summed E-state index contributed by atoms with van der Waals surface area (Å²) in [6, 6.07) is 8.52. The van der Waals surface area contributed by atoms with Gasteiger partial charge in [0, 0.05) is 37.8 Å². The largest absolute Gasteiger partial charge is 0.492 e. The lowest BCUT2D eigenvalue weighted by Crippen LogP contribution is -2.45. The molecule has 0 aliphatic carbocycles. The van der Waals surface area contributed by atoms with Crippen LogP contribution in [0, 0.1) is 5.92 Å². The summed E-state index contributed by atoms with van der Waals surface area (Å²) < 4.78 is 31.1. The number of hydrogen-bond donors (Lipinski definition) is 0. The molecule has 1 saturated heterocycles. The lowest BCUT2D eigenvalue weighted by atomic mass is 9.98. The van der Waals surface area contributed by atoms with Crippen molar-refractivity contribution in [2.24, 2.45) is 5.92 Å². The van der Waals surface area contributed by atoms with E-state index in [2.05, 4.69) is 17.9 Å². The van der Waals surface area contributed by atoms with Gasteiger partial charge in [-0.05, 0) is 31.7 Å². The van der Waals surface area contributed by atoms with Crippen molar-refractivity contribution in [2.75, 3.05) is 32.5 Å². The van der Waals surface area contributed by atoms with Crippen LogP contribution in [0.3, 0.4) is 0 Å². The molecule has 0 bridgehead atoms. The molecule has 23 heavy (non-hydrogen) atoms. The quantitative estimate of drug-likeness (QED) is 0.845.